The number of nitrogens with zero attached hydrogens (tertiary/aromatic N) is 1. The predicted octanol–water partition coefficient (Wildman–Crippen LogP) is 5.30. The fraction of sp³-hybridized carbons (Fsp3) is 0.417. The number of carbonyl (C=O) groups excluding carboxylic acids is 2. The maximum atomic E-state index is 13.9. The number of thioether (sulfide) groups is 1. The molecule has 0 radical (unpaired) electrons. The SMILES string of the molecule is CC(C(=O)NC1CCCC1)N(Cc1ccc(Br)cc1)C(=O)CSCc1ccccc1F. The molecule has 1 aliphatic carbocycles. The number of rotatable bonds is 9. The summed E-state index contributed by atoms with van der Waals surface area (Å²) in [5.74, 6) is 0.0901. The van der Waals surface area contributed by atoms with Crippen LogP contribution >= 0.6 is 27.7 Å². The van der Waals surface area contributed by atoms with Crippen LogP contribution in [0.1, 0.15) is 43.7 Å². The van der Waals surface area contributed by atoms with E-state index in [4.69, 9.17) is 0 Å². The molecule has 0 heterocycles. The van der Waals surface area contributed by atoms with Gasteiger partial charge in [0.05, 0.1) is 5.75 Å². The molecule has 166 valence electrons. The van der Waals surface area contributed by atoms with Gasteiger partial charge in [-0.15, -0.1) is 11.8 Å². The fourth-order valence-corrected chi connectivity index (χ4v) is 4.87. The normalized spacial score (nSPS) is 14.9. The number of benzene rings is 2. The molecule has 1 N–H and O–H groups in total. The Balaban J connectivity index is 1.65. The highest BCUT2D eigenvalue weighted by molar-refractivity contribution is 9.10. The van der Waals surface area contributed by atoms with E-state index in [2.05, 4.69) is 21.2 Å². The number of amides is 2. The van der Waals surface area contributed by atoms with E-state index in [1.807, 2.05) is 24.3 Å². The Hall–Kier alpha value is -1.86. The molecule has 31 heavy (non-hydrogen) atoms. The summed E-state index contributed by atoms with van der Waals surface area (Å²) in [4.78, 5) is 27.6. The molecule has 2 amide bonds. The third kappa shape index (κ3) is 7.07. The van der Waals surface area contributed by atoms with Crippen LogP contribution in [0.15, 0.2) is 53.0 Å². The molecule has 0 aliphatic heterocycles. The Morgan fingerprint density at radius 2 is 1.84 bits per heavy atom. The second kappa shape index (κ2) is 11.7. The summed E-state index contributed by atoms with van der Waals surface area (Å²) in [7, 11) is 0. The van der Waals surface area contributed by atoms with Crippen molar-refractivity contribution >= 4 is 39.5 Å². The smallest absolute Gasteiger partial charge is 0.242 e. The van der Waals surface area contributed by atoms with Crippen molar-refractivity contribution in [1.29, 1.82) is 0 Å². The minimum Gasteiger partial charge on any atom is -0.352 e. The lowest BCUT2D eigenvalue weighted by Gasteiger charge is -2.29. The topological polar surface area (TPSA) is 49.4 Å². The second-order valence-corrected chi connectivity index (χ2v) is 9.80. The lowest BCUT2D eigenvalue weighted by molar-refractivity contribution is -0.138. The van der Waals surface area contributed by atoms with Crippen molar-refractivity contribution in [2.75, 3.05) is 5.75 Å². The van der Waals surface area contributed by atoms with Crippen molar-refractivity contribution in [2.45, 2.75) is 57.0 Å². The van der Waals surface area contributed by atoms with E-state index in [0.717, 1.165) is 35.7 Å². The summed E-state index contributed by atoms with van der Waals surface area (Å²) >= 11 is 4.79. The molecule has 1 saturated carbocycles. The Morgan fingerprint density at radius 3 is 2.52 bits per heavy atom. The molecule has 1 unspecified atom stereocenters. The summed E-state index contributed by atoms with van der Waals surface area (Å²) in [6, 6.07) is 14.0. The molecule has 7 heteroatoms. The van der Waals surface area contributed by atoms with Crippen molar-refractivity contribution < 1.29 is 14.0 Å². The summed E-state index contributed by atoms with van der Waals surface area (Å²) < 4.78 is 14.8. The van der Waals surface area contributed by atoms with Gasteiger partial charge in [-0.25, -0.2) is 4.39 Å². The first kappa shape index (κ1) is 23.8. The van der Waals surface area contributed by atoms with Crippen LogP contribution in [0.3, 0.4) is 0 Å². The number of carbonyl (C=O) groups is 2. The van der Waals surface area contributed by atoms with E-state index in [0.29, 0.717) is 17.9 Å². The van der Waals surface area contributed by atoms with E-state index in [1.54, 1.807) is 30.0 Å². The van der Waals surface area contributed by atoms with E-state index >= 15 is 0 Å². The molecule has 1 aliphatic rings. The van der Waals surface area contributed by atoms with Crippen LogP contribution in [0.4, 0.5) is 4.39 Å². The minimum atomic E-state index is -0.578. The Kier molecular flexibility index (Phi) is 8.96. The van der Waals surface area contributed by atoms with Gasteiger partial charge in [0.1, 0.15) is 11.9 Å². The van der Waals surface area contributed by atoms with Gasteiger partial charge in [-0.3, -0.25) is 9.59 Å². The van der Waals surface area contributed by atoms with Gasteiger partial charge in [-0.2, -0.15) is 0 Å². The van der Waals surface area contributed by atoms with E-state index in [9.17, 15) is 14.0 Å². The highest BCUT2D eigenvalue weighted by Gasteiger charge is 2.28. The lowest BCUT2D eigenvalue weighted by Crippen LogP contribution is -2.50. The number of hydrogen-bond acceptors (Lipinski definition) is 3. The van der Waals surface area contributed by atoms with Crippen LogP contribution in [-0.2, 0) is 21.9 Å². The predicted molar refractivity (Wildman–Crippen MR) is 127 cm³/mol. The van der Waals surface area contributed by atoms with Crippen LogP contribution < -0.4 is 5.32 Å². The standard InChI is InChI=1S/C24H28BrFN2O2S/c1-17(24(30)27-21-7-3-4-8-21)28(14-18-10-12-20(25)13-11-18)23(29)16-31-15-19-6-2-5-9-22(19)26/h2,5-6,9-13,17,21H,3-4,7-8,14-16H2,1H3,(H,27,30). The molecular formula is C24H28BrFN2O2S. The van der Waals surface area contributed by atoms with Gasteiger partial charge in [0.25, 0.3) is 0 Å². The average Bonchev–Trinajstić information content (AvgIpc) is 3.27. The van der Waals surface area contributed by atoms with E-state index in [1.165, 1.54) is 17.8 Å². The number of nitrogens with one attached hydrogen (secondary N) is 1. The molecular weight excluding hydrogens is 479 g/mol. The molecule has 1 fully saturated rings. The van der Waals surface area contributed by atoms with Crippen molar-refractivity contribution in [3.63, 3.8) is 0 Å². The zero-order chi connectivity index (χ0) is 22.2. The van der Waals surface area contributed by atoms with Crippen molar-refractivity contribution in [3.05, 3.63) is 69.9 Å². The molecule has 0 spiro atoms. The largest absolute Gasteiger partial charge is 0.352 e. The first-order chi connectivity index (χ1) is 14.9. The maximum absolute atomic E-state index is 13.9. The molecule has 2 aromatic carbocycles. The molecule has 0 saturated heterocycles. The highest BCUT2D eigenvalue weighted by Crippen LogP contribution is 2.20. The Morgan fingerprint density at radius 1 is 1.16 bits per heavy atom. The zero-order valence-electron chi connectivity index (χ0n) is 17.7. The summed E-state index contributed by atoms with van der Waals surface area (Å²) in [5, 5.41) is 3.10. The summed E-state index contributed by atoms with van der Waals surface area (Å²) in [5.41, 5.74) is 1.53. The van der Waals surface area contributed by atoms with Crippen molar-refractivity contribution in [1.82, 2.24) is 10.2 Å². The second-order valence-electron chi connectivity index (χ2n) is 7.90. The minimum absolute atomic E-state index is 0.114. The van der Waals surface area contributed by atoms with Gasteiger partial charge in [0.15, 0.2) is 0 Å². The van der Waals surface area contributed by atoms with Gasteiger partial charge in [-0.05, 0) is 49.1 Å². The van der Waals surface area contributed by atoms with E-state index < -0.39 is 6.04 Å². The van der Waals surface area contributed by atoms with Crippen molar-refractivity contribution in [2.24, 2.45) is 0 Å². The zero-order valence-corrected chi connectivity index (χ0v) is 20.1. The first-order valence-electron chi connectivity index (χ1n) is 10.6. The fourth-order valence-electron chi connectivity index (χ4n) is 3.71. The number of halogens is 2. The molecule has 2 aromatic rings. The Bertz CT molecular complexity index is 887. The molecule has 3 rings (SSSR count). The third-order valence-corrected chi connectivity index (χ3v) is 7.07. The quantitative estimate of drug-likeness (QED) is 0.502. The summed E-state index contributed by atoms with van der Waals surface area (Å²) in [6.45, 7) is 2.13. The molecule has 1 atom stereocenters. The highest BCUT2D eigenvalue weighted by atomic mass is 79.9. The van der Waals surface area contributed by atoms with Gasteiger partial charge < -0.3 is 10.2 Å². The monoisotopic (exact) mass is 506 g/mol. The maximum Gasteiger partial charge on any atom is 0.242 e. The molecule has 0 bridgehead atoms. The van der Waals surface area contributed by atoms with Gasteiger partial charge in [0.2, 0.25) is 11.8 Å². The molecule has 0 aromatic heterocycles. The van der Waals surface area contributed by atoms with Crippen LogP contribution in [0.5, 0.6) is 0 Å². The lowest BCUT2D eigenvalue weighted by atomic mass is 10.1. The number of hydrogen-bond donors (Lipinski definition) is 1. The van der Waals surface area contributed by atoms with Gasteiger partial charge >= 0.3 is 0 Å². The van der Waals surface area contributed by atoms with E-state index in [-0.39, 0.29) is 29.4 Å². The summed E-state index contributed by atoms with van der Waals surface area (Å²) in [6.07, 6.45) is 4.26. The van der Waals surface area contributed by atoms with Crippen LogP contribution in [0.25, 0.3) is 0 Å². The molecule has 4 nitrogen and oxygen atoms in total. The van der Waals surface area contributed by atoms with Crippen molar-refractivity contribution in [3.8, 4) is 0 Å². The average molecular weight is 507 g/mol. The Labute approximate surface area is 196 Å². The first-order valence-corrected chi connectivity index (χ1v) is 12.5. The van der Waals surface area contributed by atoms with Crippen LogP contribution in [0, 0.1) is 5.82 Å². The van der Waals surface area contributed by atoms with Gasteiger partial charge in [0, 0.05) is 22.8 Å². The van der Waals surface area contributed by atoms with Crippen LogP contribution in [0.2, 0.25) is 0 Å². The third-order valence-electron chi connectivity index (χ3n) is 5.58. The van der Waals surface area contributed by atoms with Gasteiger partial charge in [-0.1, -0.05) is 59.1 Å². The van der Waals surface area contributed by atoms with Crippen LogP contribution in [-0.4, -0.2) is 34.6 Å².